The van der Waals surface area contributed by atoms with Crippen molar-refractivity contribution in [1.82, 2.24) is 10.6 Å². The van der Waals surface area contributed by atoms with Crippen LogP contribution in [0.15, 0.2) is 36.9 Å². The average molecular weight is 341 g/mol. The summed E-state index contributed by atoms with van der Waals surface area (Å²) in [5.74, 6) is 0.586. The van der Waals surface area contributed by atoms with E-state index in [9.17, 15) is 9.90 Å². The molecule has 0 saturated heterocycles. The molecule has 0 heterocycles. The molecule has 0 aliphatic heterocycles. The maximum Gasteiger partial charge on any atom is 0.237 e. The molecule has 0 aliphatic rings. The lowest BCUT2D eigenvalue weighted by molar-refractivity contribution is -0.124. The molecule has 5 nitrogen and oxygen atoms in total. The number of hydrogen-bond acceptors (Lipinski definition) is 4. The van der Waals surface area contributed by atoms with Crippen molar-refractivity contribution in [2.24, 2.45) is 0 Å². The van der Waals surface area contributed by atoms with Crippen LogP contribution in [0, 0.1) is 0 Å². The summed E-state index contributed by atoms with van der Waals surface area (Å²) in [5, 5.41) is 15.8. The monoisotopic (exact) mass is 340 g/mol. The van der Waals surface area contributed by atoms with Gasteiger partial charge < -0.3 is 20.5 Å². The minimum atomic E-state index is -0.831. The highest BCUT2D eigenvalue weighted by molar-refractivity contribution is 6.18. The second kappa shape index (κ2) is 10.3. The fourth-order valence-electron chi connectivity index (χ4n) is 2.00. The molecule has 0 aromatic heterocycles. The number of alkyl halides is 1. The number of halogens is 1. The van der Waals surface area contributed by atoms with Gasteiger partial charge in [-0.25, -0.2) is 0 Å². The van der Waals surface area contributed by atoms with Crippen molar-refractivity contribution in [2.45, 2.75) is 31.5 Å². The molecule has 0 radical (unpaired) electrons. The summed E-state index contributed by atoms with van der Waals surface area (Å²) in [7, 11) is 1.71. The number of aliphatic hydroxyl groups excluding tert-OH is 1. The molecular formula is C17H25ClN2O3. The van der Waals surface area contributed by atoms with Crippen LogP contribution in [0.1, 0.15) is 12.5 Å². The quantitative estimate of drug-likeness (QED) is 0.446. The number of rotatable bonds is 10. The lowest BCUT2D eigenvalue weighted by Crippen LogP contribution is -2.51. The Bertz CT molecular complexity index is 510. The van der Waals surface area contributed by atoms with Gasteiger partial charge in [0.25, 0.3) is 0 Å². The Labute approximate surface area is 142 Å². The van der Waals surface area contributed by atoms with Gasteiger partial charge in [-0.05, 0) is 38.1 Å². The van der Waals surface area contributed by atoms with Gasteiger partial charge >= 0.3 is 0 Å². The molecular weight excluding hydrogens is 316 g/mol. The van der Waals surface area contributed by atoms with Gasteiger partial charge in [-0.15, -0.1) is 11.6 Å². The van der Waals surface area contributed by atoms with Gasteiger partial charge in [-0.3, -0.25) is 4.79 Å². The highest BCUT2D eigenvalue weighted by Gasteiger charge is 2.23. The number of hydrogen-bond donors (Lipinski definition) is 3. The van der Waals surface area contributed by atoms with Crippen molar-refractivity contribution in [3.63, 3.8) is 0 Å². The zero-order chi connectivity index (χ0) is 17.2. The molecule has 0 fully saturated rings. The van der Waals surface area contributed by atoms with E-state index < -0.39 is 12.1 Å². The lowest BCUT2D eigenvalue weighted by Gasteiger charge is -2.24. The molecule has 1 aromatic carbocycles. The number of aliphatic hydroxyl groups is 1. The number of amides is 1. The maximum atomic E-state index is 12.0. The van der Waals surface area contributed by atoms with Crippen LogP contribution in [0.25, 0.3) is 0 Å². The van der Waals surface area contributed by atoms with Gasteiger partial charge in [0.05, 0.1) is 24.1 Å². The van der Waals surface area contributed by atoms with Crippen molar-refractivity contribution < 1.29 is 14.6 Å². The van der Waals surface area contributed by atoms with Gasteiger partial charge in [0.1, 0.15) is 12.4 Å². The van der Waals surface area contributed by atoms with Gasteiger partial charge in [-0.2, -0.15) is 0 Å². The molecule has 23 heavy (non-hydrogen) atoms. The third kappa shape index (κ3) is 6.60. The second-order valence-electron chi connectivity index (χ2n) is 5.30. The Morgan fingerprint density at radius 1 is 1.52 bits per heavy atom. The molecule has 128 valence electrons. The van der Waals surface area contributed by atoms with E-state index >= 15 is 0 Å². The molecule has 0 aliphatic carbocycles. The van der Waals surface area contributed by atoms with Crippen molar-refractivity contribution in [1.29, 1.82) is 0 Å². The van der Waals surface area contributed by atoms with Gasteiger partial charge in [-0.1, -0.05) is 24.8 Å². The first-order valence-corrected chi connectivity index (χ1v) is 8.09. The zero-order valence-corrected chi connectivity index (χ0v) is 14.3. The summed E-state index contributed by atoms with van der Waals surface area (Å²) in [6.07, 6.45) is 1.30. The smallest absolute Gasteiger partial charge is 0.237 e. The topological polar surface area (TPSA) is 70.6 Å². The molecule has 0 saturated carbocycles. The second-order valence-corrected chi connectivity index (χ2v) is 5.61. The lowest BCUT2D eigenvalue weighted by atomic mass is 10.0. The van der Waals surface area contributed by atoms with Crippen LogP contribution in [0.3, 0.4) is 0 Å². The highest BCUT2D eigenvalue weighted by Crippen LogP contribution is 2.16. The first kappa shape index (κ1) is 19.5. The minimum Gasteiger partial charge on any atom is -0.490 e. The first-order chi connectivity index (χ1) is 11.0. The van der Waals surface area contributed by atoms with E-state index in [1.807, 2.05) is 24.3 Å². The number of likely N-dealkylation sites (N-methyl/N-ethyl adjacent to an activating group) is 1. The Hall–Kier alpha value is -1.56. The standard InChI is InChI=1S/C17H25ClN2O3/c1-4-8-23-14-7-5-6-13(9-14)10-15(16(21)11-18)20-17(22)12(2)19-3/h4-7,9,12,15-16,19,21H,1,8,10-11H2,2-3H3,(H,20,22)/t12-,15-,16+/m0/s1. The summed E-state index contributed by atoms with van der Waals surface area (Å²) < 4.78 is 5.50. The Balaban J connectivity index is 2.80. The average Bonchev–Trinajstić information content (AvgIpc) is 2.58. The van der Waals surface area contributed by atoms with Crippen LogP contribution in [0.2, 0.25) is 0 Å². The molecule has 0 spiro atoms. The molecule has 0 bridgehead atoms. The summed E-state index contributed by atoms with van der Waals surface area (Å²) >= 11 is 5.76. The summed E-state index contributed by atoms with van der Waals surface area (Å²) in [5.41, 5.74) is 0.943. The minimum absolute atomic E-state index is 0.0472. The van der Waals surface area contributed by atoms with Crippen LogP contribution in [-0.2, 0) is 11.2 Å². The SMILES string of the molecule is C=CCOc1cccc(C[C@H](NC(=O)[C@H](C)NC)[C@H](O)CCl)c1. The zero-order valence-electron chi connectivity index (χ0n) is 13.6. The first-order valence-electron chi connectivity index (χ1n) is 7.56. The summed E-state index contributed by atoms with van der Waals surface area (Å²) in [6.45, 7) is 5.79. The highest BCUT2D eigenvalue weighted by atomic mass is 35.5. The van der Waals surface area contributed by atoms with E-state index in [4.69, 9.17) is 16.3 Å². The normalized spacial score (nSPS) is 14.6. The molecule has 0 unspecified atom stereocenters. The van der Waals surface area contributed by atoms with Crippen LogP contribution in [0.5, 0.6) is 5.75 Å². The predicted molar refractivity (Wildman–Crippen MR) is 93.0 cm³/mol. The molecule has 1 amide bonds. The third-order valence-corrected chi connectivity index (χ3v) is 3.81. The fourth-order valence-corrected chi connectivity index (χ4v) is 2.22. The molecule has 1 rings (SSSR count). The van der Waals surface area contributed by atoms with E-state index in [0.29, 0.717) is 13.0 Å². The molecule has 6 heteroatoms. The van der Waals surface area contributed by atoms with E-state index in [-0.39, 0.29) is 17.8 Å². The van der Waals surface area contributed by atoms with Crippen molar-refractivity contribution in [3.05, 3.63) is 42.5 Å². The van der Waals surface area contributed by atoms with Gasteiger partial charge in [0, 0.05) is 0 Å². The number of carbonyl (C=O) groups excluding carboxylic acids is 1. The van der Waals surface area contributed by atoms with E-state index in [0.717, 1.165) is 11.3 Å². The van der Waals surface area contributed by atoms with Crippen molar-refractivity contribution in [2.75, 3.05) is 19.5 Å². The molecule has 3 N–H and O–H groups in total. The summed E-state index contributed by atoms with van der Waals surface area (Å²) in [4.78, 5) is 12.0. The third-order valence-electron chi connectivity index (χ3n) is 3.50. The van der Waals surface area contributed by atoms with Crippen LogP contribution >= 0.6 is 11.6 Å². The van der Waals surface area contributed by atoms with Crippen molar-refractivity contribution in [3.8, 4) is 5.75 Å². The largest absolute Gasteiger partial charge is 0.490 e. The van der Waals surface area contributed by atoms with Gasteiger partial charge in [0.2, 0.25) is 5.91 Å². The van der Waals surface area contributed by atoms with E-state index in [1.54, 1.807) is 20.0 Å². The molecule has 3 atom stereocenters. The van der Waals surface area contributed by atoms with Crippen LogP contribution in [-0.4, -0.2) is 48.7 Å². The Kier molecular flexibility index (Phi) is 8.69. The fraction of sp³-hybridized carbons (Fsp3) is 0.471. The Morgan fingerprint density at radius 2 is 2.26 bits per heavy atom. The molecule has 1 aromatic rings. The van der Waals surface area contributed by atoms with Crippen molar-refractivity contribution >= 4 is 17.5 Å². The number of carbonyl (C=O) groups is 1. The van der Waals surface area contributed by atoms with Crippen LogP contribution in [0.4, 0.5) is 0 Å². The van der Waals surface area contributed by atoms with Crippen LogP contribution < -0.4 is 15.4 Å². The Morgan fingerprint density at radius 3 is 2.87 bits per heavy atom. The van der Waals surface area contributed by atoms with E-state index in [2.05, 4.69) is 17.2 Å². The predicted octanol–water partition coefficient (Wildman–Crippen LogP) is 1.49. The maximum absolute atomic E-state index is 12.0. The number of nitrogens with one attached hydrogen (secondary N) is 2. The van der Waals surface area contributed by atoms with Gasteiger partial charge in [0.15, 0.2) is 0 Å². The number of benzene rings is 1. The number of ether oxygens (including phenoxy) is 1. The van der Waals surface area contributed by atoms with E-state index in [1.165, 1.54) is 0 Å². The summed E-state index contributed by atoms with van der Waals surface area (Å²) in [6, 6.07) is 6.71.